The summed E-state index contributed by atoms with van der Waals surface area (Å²) in [7, 11) is 3.27. The third-order valence-electron chi connectivity index (χ3n) is 3.84. The highest BCUT2D eigenvalue weighted by atomic mass is 16.5. The molecule has 1 heterocycles. The lowest BCUT2D eigenvalue weighted by Gasteiger charge is -2.06. The molecular weight excluding hydrogens is 306 g/mol. The zero-order valence-electron chi connectivity index (χ0n) is 13.7. The zero-order valence-corrected chi connectivity index (χ0v) is 13.7. The smallest absolute Gasteiger partial charge is 0.147 e. The van der Waals surface area contributed by atoms with Gasteiger partial charge in [0, 0.05) is 12.0 Å². The fourth-order valence-corrected chi connectivity index (χ4v) is 2.60. The van der Waals surface area contributed by atoms with Gasteiger partial charge in [0.25, 0.3) is 0 Å². The Bertz CT molecular complexity index is 791. The lowest BCUT2D eigenvalue weighted by atomic mass is 9.98. The number of aromatic nitrogens is 1. The molecule has 0 fully saturated rings. The molecule has 124 valence electrons. The van der Waals surface area contributed by atoms with Crippen molar-refractivity contribution in [1.82, 2.24) is 5.16 Å². The Kier molecular flexibility index (Phi) is 4.82. The molecule has 5 nitrogen and oxygen atoms in total. The Hall–Kier alpha value is -2.79. The van der Waals surface area contributed by atoms with E-state index < -0.39 is 0 Å². The molecule has 0 bridgehead atoms. The van der Waals surface area contributed by atoms with Crippen LogP contribution in [0.5, 0.6) is 11.5 Å². The van der Waals surface area contributed by atoms with E-state index in [-0.39, 0.29) is 6.61 Å². The van der Waals surface area contributed by atoms with Gasteiger partial charge < -0.3 is 19.1 Å². The van der Waals surface area contributed by atoms with Gasteiger partial charge in [-0.1, -0.05) is 17.3 Å². The fourth-order valence-electron chi connectivity index (χ4n) is 2.60. The van der Waals surface area contributed by atoms with Crippen molar-refractivity contribution in [3.8, 4) is 33.9 Å². The molecule has 0 spiro atoms. The van der Waals surface area contributed by atoms with Crippen LogP contribution in [-0.2, 0) is 6.42 Å². The van der Waals surface area contributed by atoms with Crippen LogP contribution in [0.15, 0.2) is 53.1 Å². The van der Waals surface area contributed by atoms with E-state index in [0.29, 0.717) is 12.2 Å². The van der Waals surface area contributed by atoms with E-state index in [9.17, 15) is 5.11 Å². The van der Waals surface area contributed by atoms with Crippen molar-refractivity contribution in [2.24, 2.45) is 0 Å². The average molecular weight is 325 g/mol. The number of nitrogens with zero attached hydrogens (tertiary/aromatic N) is 1. The summed E-state index contributed by atoms with van der Waals surface area (Å²) in [4.78, 5) is 0. The molecule has 0 amide bonds. The minimum Gasteiger partial charge on any atom is -0.497 e. The Balaban J connectivity index is 2.08. The first kappa shape index (κ1) is 16.1. The molecule has 0 radical (unpaired) electrons. The Morgan fingerprint density at radius 1 is 0.875 bits per heavy atom. The zero-order chi connectivity index (χ0) is 16.9. The van der Waals surface area contributed by atoms with E-state index in [1.807, 2.05) is 48.5 Å². The summed E-state index contributed by atoms with van der Waals surface area (Å²) in [5.74, 6) is 2.22. The van der Waals surface area contributed by atoms with E-state index >= 15 is 0 Å². The van der Waals surface area contributed by atoms with Gasteiger partial charge in [-0.05, 0) is 42.0 Å². The molecular formula is C19H19NO4. The summed E-state index contributed by atoms with van der Waals surface area (Å²) in [5.41, 5.74) is 3.52. The number of rotatable bonds is 6. The van der Waals surface area contributed by atoms with E-state index in [0.717, 1.165) is 33.9 Å². The maximum Gasteiger partial charge on any atom is 0.147 e. The number of aliphatic hydroxyl groups excluding tert-OH is 1. The van der Waals surface area contributed by atoms with Crippen LogP contribution in [0.2, 0.25) is 0 Å². The fraction of sp³-hybridized carbons (Fsp3) is 0.211. The molecule has 3 aromatic rings. The molecule has 24 heavy (non-hydrogen) atoms. The maximum absolute atomic E-state index is 9.30. The van der Waals surface area contributed by atoms with Crippen LogP contribution in [0.25, 0.3) is 22.4 Å². The number of ether oxygens (including phenoxy) is 2. The van der Waals surface area contributed by atoms with E-state index in [2.05, 4.69) is 5.16 Å². The third kappa shape index (κ3) is 3.12. The first-order valence-electron chi connectivity index (χ1n) is 7.65. The summed E-state index contributed by atoms with van der Waals surface area (Å²) in [6.07, 6.45) is 0.407. The topological polar surface area (TPSA) is 64.7 Å². The van der Waals surface area contributed by atoms with Crippen LogP contribution < -0.4 is 9.47 Å². The van der Waals surface area contributed by atoms with Crippen LogP contribution in [0.4, 0.5) is 0 Å². The number of methoxy groups -OCH3 is 2. The van der Waals surface area contributed by atoms with Gasteiger partial charge in [-0.2, -0.15) is 0 Å². The van der Waals surface area contributed by atoms with Crippen LogP contribution in [0, 0.1) is 0 Å². The summed E-state index contributed by atoms with van der Waals surface area (Å²) in [6.45, 7) is 0.000397. The molecule has 0 saturated heterocycles. The normalized spacial score (nSPS) is 10.6. The SMILES string of the molecule is COc1ccc(-c2noc(CCO)c2-c2ccc(OC)cc2)cc1. The van der Waals surface area contributed by atoms with E-state index in [4.69, 9.17) is 14.0 Å². The number of aliphatic hydroxyl groups is 1. The van der Waals surface area contributed by atoms with Crippen molar-refractivity contribution in [3.05, 3.63) is 54.3 Å². The summed E-state index contributed by atoms with van der Waals surface area (Å²) in [5, 5.41) is 13.5. The predicted molar refractivity (Wildman–Crippen MR) is 91.3 cm³/mol. The Morgan fingerprint density at radius 3 is 1.92 bits per heavy atom. The molecule has 5 heteroatoms. The molecule has 0 aliphatic rings. The first-order chi connectivity index (χ1) is 11.8. The van der Waals surface area contributed by atoms with Gasteiger partial charge in [0.1, 0.15) is 23.0 Å². The minimum absolute atomic E-state index is 0.000397. The van der Waals surface area contributed by atoms with Crippen LogP contribution in [0.1, 0.15) is 5.76 Å². The molecule has 0 aliphatic carbocycles. The minimum atomic E-state index is 0.000397. The van der Waals surface area contributed by atoms with Crippen molar-refractivity contribution >= 4 is 0 Å². The predicted octanol–water partition coefficient (Wildman–Crippen LogP) is 3.56. The van der Waals surface area contributed by atoms with Crippen molar-refractivity contribution in [1.29, 1.82) is 0 Å². The molecule has 1 aromatic heterocycles. The number of hydrogen-bond donors (Lipinski definition) is 1. The van der Waals surface area contributed by atoms with Gasteiger partial charge >= 0.3 is 0 Å². The maximum atomic E-state index is 9.30. The first-order valence-corrected chi connectivity index (χ1v) is 7.65. The molecule has 0 unspecified atom stereocenters. The van der Waals surface area contributed by atoms with Gasteiger partial charge in [0.15, 0.2) is 0 Å². The van der Waals surface area contributed by atoms with Crippen LogP contribution in [-0.4, -0.2) is 31.1 Å². The van der Waals surface area contributed by atoms with Gasteiger partial charge in [-0.3, -0.25) is 0 Å². The molecule has 0 aliphatic heterocycles. The van der Waals surface area contributed by atoms with Crippen molar-refractivity contribution < 1.29 is 19.1 Å². The largest absolute Gasteiger partial charge is 0.497 e. The molecule has 0 saturated carbocycles. The highest BCUT2D eigenvalue weighted by Crippen LogP contribution is 2.36. The summed E-state index contributed by atoms with van der Waals surface area (Å²) >= 11 is 0. The number of benzene rings is 2. The lowest BCUT2D eigenvalue weighted by Crippen LogP contribution is -1.92. The van der Waals surface area contributed by atoms with Crippen molar-refractivity contribution in [2.75, 3.05) is 20.8 Å². The lowest BCUT2D eigenvalue weighted by molar-refractivity contribution is 0.278. The van der Waals surface area contributed by atoms with Gasteiger partial charge in [0.2, 0.25) is 0 Å². The Labute approximate surface area is 140 Å². The molecule has 3 rings (SSSR count). The summed E-state index contributed by atoms with van der Waals surface area (Å²) in [6, 6.07) is 15.3. The second-order valence-corrected chi connectivity index (χ2v) is 5.26. The average Bonchev–Trinajstić information content (AvgIpc) is 3.06. The van der Waals surface area contributed by atoms with Crippen molar-refractivity contribution in [3.63, 3.8) is 0 Å². The van der Waals surface area contributed by atoms with Gasteiger partial charge in [-0.25, -0.2) is 0 Å². The number of hydrogen-bond acceptors (Lipinski definition) is 5. The van der Waals surface area contributed by atoms with Gasteiger partial charge in [-0.15, -0.1) is 0 Å². The second kappa shape index (κ2) is 7.19. The highest BCUT2D eigenvalue weighted by molar-refractivity contribution is 5.82. The second-order valence-electron chi connectivity index (χ2n) is 5.26. The Morgan fingerprint density at radius 2 is 1.42 bits per heavy atom. The van der Waals surface area contributed by atoms with Gasteiger partial charge in [0.05, 0.1) is 26.4 Å². The summed E-state index contributed by atoms with van der Waals surface area (Å²) < 4.78 is 15.9. The highest BCUT2D eigenvalue weighted by Gasteiger charge is 2.19. The quantitative estimate of drug-likeness (QED) is 0.751. The van der Waals surface area contributed by atoms with Crippen LogP contribution >= 0.6 is 0 Å². The standard InChI is InChI=1S/C19H19NO4/c1-22-15-7-3-13(4-8-15)18-17(11-12-21)24-20-19(18)14-5-9-16(23-2)10-6-14/h3-10,21H,11-12H2,1-2H3. The van der Waals surface area contributed by atoms with Crippen LogP contribution in [0.3, 0.4) is 0 Å². The van der Waals surface area contributed by atoms with E-state index in [1.54, 1.807) is 14.2 Å². The molecule has 1 N–H and O–H groups in total. The third-order valence-corrected chi connectivity index (χ3v) is 3.84. The molecule has 2 aromatic carbocycles. The molecule has 0 atom stereocenters. The monoisotopic (exact) mass is 325 g/mol. The van der Waals surface area contributed by atoms with Crippen molar-refractivity contribution in [2.45, 2.75) is 6.42 Å². The van der Waals surface area contributed by atoms with E-state index in [1.165, 1.54) is 0 Å².